The van der Waals surface area contributed by atoms with E-state index in [0.717, 1.165) is 16.5 Å². The Labute approximate surface area is 94.2 Å². The molecular weight excluding hydrogens is 202 g/mol. The molecule has 2 N–H and O–H groups in total. The summed E-state index contributed by atoms with van der Waals surface area (Å²) in [6, 6.07) is 7.65. The molecule has 84 valence electrons. The average Bonchev–Trinajstić information content (AvgIpc) is 2.72. The van der Waals surface area contributed by atoms with Crippen LogP contribution in [0.4, 0.5) is 0 Å². The van der Waals surface area contributed by atoms with Crippen LogP contribution in [-0.4, -0.2) is 12.3 Å². The Morgan fingerprint density at radius 2 is 2.25 bits per heavy atom. The van der Waals surface area contributed by atoms with Crippen LogP contribution in [0.25, 0.3) is 11.0 Å². The van der Waals surface area contributed by atoms with E-state index >= 15 is 0 Å². The molecule has 0 radical (unpaired) electrons. The minimum Gasteiger partial charge on any atom is -0.453 e. The first kappa shape index (κ1) is 10.9. The molecule has 0 spiro atoms. The fraction of sp³-hybridized carbons (Fsp3) is 0.308. The van der Waals surface area contributed by atoms with Crippen LogP contribution in [-0.2, 0) is 0 Å². The van der Waals surface area contributed by atoms with Gasteiger partial charge in [-0.2, -0.15) is 0 Å². The minimum absolute atomic E-state index is 0.0295. The number of benzene rings is 1. The van der Waals surface area contributed by atoms with E-state index in [4.69, 9.17) is 10.2 Å². The van der Waals surface area contributed by atoms with Crippen LogP contribution in [0.3, 0.4) is 0 Å². The third kappa shape index (κ3) is 1.74. The van der Waals surface area contributed by atoms with E-state index in [9.17, 15) is 4.79 Å². The van der Waals surface area contributed by atoms with Crippen molar-refractivity contribution in [1.82, 2.24) is 0 Å². The largest absolute Gasteiger partial charge is 0.453 e. The summed E-state index contributed by atoms with van der Waals surface area (Å²) in [5.74, 6) is 0.182. The maximum Gasteiger partial charge on any atom is 0.202 e. The van der Waals surface area contributed by atoms with E-state index in [1.54, 1.807) is 6.07 Å². The van der Waals surface area contributed by atoms with Crippen LogP contribution in [0.2, 0.25) is 0 Å². The predicted molar refractivity (Wildman–Crippen MR) is 63.5 cm³/mol. The van der Waals surface area contributed by atoms with Gasteiger partial charge < -0.3 is 10.2 Å². The molecular formula is C13H15NO2. The molecule has 0 fully saturated rings. The van der Waals surface area contributed by atoms with Crippen molar-refractivity contribution in [2.24, 2.45) is 11.7 Å². The van der Waals surface area contributed by atoms with Gasteiger partial charge in [0.1, 0.15) is 5.58 Å². The maximum absolute atomic E-state index is 11.9. The molecule has 2 aromatic rings. The zero-order chi connectivity index (χ0) is 11.7. The van der Waals surface area contributed by atoms with E-state index in [0.29, 0.717) is 12.3 Å². The Balaban J connectivity index is 2.48. The van der Waals surface area contributed by atoms with E-state index < -0.39 is 0 Å². The standard InChI is InChI=1S/C13H15NO2/c1-8-4-3-5-10-6-11(16-13(8)10)12(15)9(2)7-14/h3-6,9H,7,14H2,1-2H3. The molecule has 1 aromatic heterocycles. The summed E-state index contributed by atoms with van der Waals surface area (Å²) in [6.45, 7) is 4.11. The minimum atomic E-state index is -0.194. The van der Waals surface area contributed by atoms with Gasteiger partial charge in [0.25, 0.3) is 0 Å². The Morgan fingerprint density at radius 1 is 1.50 bits per heavy atom. The third-order valence-corrected chi connectivity index (χ3v) is 2.78. The first-order valence-corrected chi connectivity index (χ1v) is 5.37. The molecule has 1 atom stereocenters. The lowest BCUT2D eigenvalue weighted by atomic mass is 10.0. The van der Waals surface area contributed by atoms with Gasteiger partial charge in [0.2, 0.25) is 5.78 Å². The molecule has 0 saturated heterocycles. The normalized spacial score (nSPS) is 12.9. The number of hydrogen-bond donors (Lipinski definition) is 1. The summed E-state index contributed by atoms with van der Waals surface area (Å²) in [5, 5.41) is 0.965. The van der Waals surface area contributed by atoms with Gasteiger partial charge in [-0.05, 0) is 18.6 Å². The Morgan fingerprint density at radius 3 is 2.88 bits per heavy atom. The highest BCUT2D eigenvalue weighted by Gasteiger charge is 2.18. The zero-order valence-corrected chi connectivity index (χ0v) is 9.49. The number of para-hydroxylation sites is 1. The Bertz CT molecular complexity index is 528. The summed E-state index contributed by atoms with van der Waals surface area (Å²) in [4.78, 5) is 11.9. The number of carbonyl (C=O) groups is 1. The van der Waals surface area contributed by atoms with Crippen LogP contribution in [0.1, 0.15) is 23.0 Å². The highest BCUT2D eigenvalue weighted by molar-refractivity contribution is 5.99. The predicted octanol–water partition coefficient (Wildman–Crippen LogP) is 2.52. The molecule has 3 nitrogen and oxygen atoms in total. The first-order valence-electron chi connectivity index (χ1n) is 5.37. The molecule has 0 amide bonds. The van der Waals surface area contributed by atoms with Gasteiger partial charge in [-0.15, -0.1) is 0 Å². The van der Waals surface area contributed by atoms with Crippen LogP contribution in [0.15, 0.2) is 28.7 Å². The fourth-order valence-electron chi connectivity index (χ4n) is 1.68. The van der Waals surface area contributed by atoms with Gasteiger partial charge in [0, 0.05) is 17.8 Å². The van der Waals surface area contributed by atoms with Crippen molar-refractivity contribution in [3.8, 4) is 0 Å². The highest BCUT2D eigenvalue weighted by atomic mass is 16.3. The number of furan rings is 1. The smallest absolute Gasteiger partial charge is 0.202 e. The van der Waals surface area contributed by atoms with Crippen LogP contribution >= 0.6 is 0 Å². The van der Waals surface area contributed by atoms with Gasteiger partial charge in [0.15, 0.2) is 5.76 Å². The van der Waals surface area contributed by atoms with E-state index in [1.807, 2.05) is 32.0 Å². The van der Waals surface area contributed by atoms with Gasteiger partial charge in [0.05, 0.1) is 0 Å². The number of rotatable bonds is 3. The number of hydrogen-bond acceptors (Lipinski definition) is 3. The van der Waals surface area contributed by atoms with Crippen LogP contribution in [0, 0.1) is 12.8 Å². The van der Waals surface area contributed by atoms with Gasteiger partial charge in [-0.25, -0.2) is 0 Å². The molecule has 0 aliphatic carbocycles. The lowest BCUT2D eigenvalue weighted by Gasteiger charge is -2.03. The first-order chi connectivity index (χ1) is 7.63. The van der Waals surface area contributed by atoms with Crippen molar-refractivity contribution < 1.29 is 9.21 Å². The molecule has 0 saturated carbocycles. The molecule has 0 bridgehead atoms. The lowest BCUT2D eigenvalue weighted by molar-refractivity contribution is 0.0908. The van der Waals surface area contributed by atoms with Crippen LogP contribution in [0.5, 0.6) is 0 Å². The molecule has 1 unspecified atom stereocenters. The van der Waals surface area contributed by atoms with E-state index in [2.05, 4.69) is 0 Å². The second-order valence-electron chi connectivity index (χ2n) is 4.10. The monoisotopic (exact) mass is 217 g/mol. The second-order valence-corrected chi connectivity index (χ2v) is 4.10. The number of carbonyl (C=O) groups excluding carboxylic acids is 1. The third-order valence-electron chi connectivity index (χ3n) is 2.78. The molecule has 16 heavy (non-hydrogen) atoms. The van der Waals surface area contributed by atoms with Gasteiger partial charge >= 0.3 is 0 Å². The molecule has 3 heteroatoms. The molecule has 1 aromatic carbocycles. The van der Waals surface area contributed by atoms with E-state index in [1.165, 1.54) is 0 Å². The average molecular weight is 217 g/mol. The highest BCUT2D eigenvalue weighted by Crippen LogP contribution is 2.23. The van der Waals surface area contributed by atoms with Crippen molar-refractivity contribution in [2.75, 3.05) is 6.54 Å². The topological polar surface area (TPSA) is 56.2 Å². The maximum atomic E-state index is 11.9. The van der Waals surface area contributed by atoms with Crippen LogP contribution < -0.4 is 5.73 Å². The SMILES string of the molecule is Cc1cccc2cc(C(=O)C(C)CN)oc12. The number of ketones is 1. The quantitative estimate of drug-likeness (QED) is 0.804. The lowest BCUT2D eigenvalue weighted by Crippen LogP contribution is -2.20. The Kier molecular flexibility index (Phi) is 2.79. The molecule has 0 aliphatic heterocycles. The van der Waals surface area contributed by atoms with E-state index in [-0.39, 0.29) is 11.7 Å². The van der Waals surface area contributed by atoms with Crippen molar-refractivity contribution in [3.05, 3.63) is 35.6 Å². The fourth-order valence-corrected chi connectivity index (χ4v) is 1.68. The second kappa shape index (κ2) is 4.10. The zero-order valence-electron chi connectivity index (χ0n) is 9.49. The summed E-state index contributed by atoms with van der Waals surface area (Å²) in [5.41, 5.74) is 7.30. The van der Waals surface area contributed by atoms with Crippen molar-refractivity contribution in [2.45, 2.75) is 13.8 Å². The molecule has 1 heterocycles. The molecule has 2 rings (SSSR count). The molecule has 0 aliphatic rings. The number of aryl methyl sites for hydroxylation is 1. The van der Waals surface area contributed by atoms with Gasteiger partial charge in [-0.3, -0.25) is 4.79 Å². The Hall–Kier alpha value is -1.61. The van der Waals surface area contributed by atoms with Gasteiger partial charge in [-0.1, -0.05) is 25.1 Å². The number of fused-ring (bicyclic) bond motifs is 1. The summed E-state index contributed by atoms with van der Waals surface area (Å²) in [6.07, 6.45) is 0. The number of nitrogens with two attached hydrogens (primary N) is 1. The van der Waals surface area contributed by atoms with Crippen molar-refractivity contribution >= 4 is 16.8 Å². The van der Waals surface area contributed by atoms with Crippen molar-refractivity contribution in [1.29, 1.82) is 0 Å². The number of Topliss-reactive ketones (excluding diaryl/α,β-unsaturated/α-hetero) is 1. The summed E-state index contributed by atoms with van der Waals surface area (Å²) >= 11 is 0. The van der Waals surface area contributed by atoms with Crippen molar-refractivity contribution in [3.63, 3.8) is 0 Å². The summed E-state index contributed by atoms with van der Waals surface area (Å²) < 4.78 is 5.58. The summed E-state index contributed by atoms with van der Waals surface area (Å²) in [7, 11) is 0.